The lowest BCUT2D eigenvalue weighted by molar-refractivity contribution is 0.509. The van der Waals surface area contributed by atoms with Gasteiger partial charge in [0.05, 0.1) is 0 Å². The van der Waals surface area contributed by atoms with Crippen LogP contribution in [0.25, 0.3) is 0 Å². The smallest absolute Gasteiger partial charge is 0.137 e. The Bertz CT molecular complexity index is 207. The van der Waals surface area contributed by atoms with Gasteiger partial charge in [-0.15, -0.1) is 0 Å². The Morgan fingerprint density at radius 3 is 3.08 bits per heavy atom. The summed E-state index contributed by atoms with van der Waals surface area (Å²) < 4.78 is 0. The van der Waals surface area contributed by atoms with Gasteiger partial charge < -0.3 is 5.32 Å². The molecule has 4 heteroatoms. The Morgan fingerprint density at radius 1 is 1.62 bits per heavy atom. The Hall–Kier alpha value is -0.900. The Labute approximate surface area is 79.2 Å². The molecule has 0 saturated heterocycles. The highest BCUT2D eigenvalue weighted by Crippen LogP contribution is 1.94. The largest absolute Gasteiger partial charge is 0.314 e. The van der Waals surface area contributed by atoms with Crippen LogP contribution in [0.15, 0.2) is 6.33 Å². The average molecular weight is 182 g/mol. The summed E-state index contributed by atoms with van der Waals surface area (Å²) in [4.78, 5) is 4.05. The van der Waals surface area contributed by atoms with E-state index in [-0.39, 0.29) is 0 Å². The van der Waals surface area contributed by atoms with Crippen LogP contribution in [0.2, 0.25) is 0 Å². The number of nitrogens with one attached hydrogen (secondary N) is 2. The van der Waals surface area contributed by atoms with Gasteiger partial charge in [-0.1, -0.05) is 13.3 Å². The van der Waals surface area contributed by atoms with Crippen LogP contribution in [0.4, 0.5) is 0 Å². The molecule has 1 unspecified atom stereocenters. The third-order valence-corrected chi connectivity index (χ3v) is 2.04. The monoisotopic (exact) mass is 182 g/mol. The van der Waals surface area contributed by atoms with E-state index in [0.717, 1.165) is 18.8 Å². The maximum atomic E-state index is 4.05. The fourth-order valence-corrected chi connectivity index (χ4v) is 1.32. The van der Waals surface area contributed by atoms with Crippen molar-refractivity contribution in [3.05, 3.63) is 12.2 Å². The molecule has 0 aliphatic rings. The SMILES string of the molecule is CCCC(C)NCCc1ncn[nH]1. The molecular formula is C9H18N4. The van der Waals surface area contributed by atoms with Crippen molar-refractivity contribution in [2.75, 3.05) is 6.54 Å². The van der Waals surface area contributed by atoms with Gasteiger partial charge in [-0.2, -0.15) is 5.10 Å². The van der Waals surface area contributed by atoms with Gasteiger partial charge in [0.2, 0.25) is 0 Å². The van der Waals surface area contributed by atoms with Crippen LogP contribution in [0.5, 0.6) is 0 Å². The third kappa shape index (κ3) is 4.03. The predicted octanol–water partition coefficient (Wildman–Crippen LogP) is 1.13. The lowest BCUT2D eigenvalue weighted by atomic mass is 10.2. The molecule has 13 heavy (non-hydrogen) atoms. The van der Waals surface area contributed by atoms with E-state index in [1.54, 1.807) is 6.33 Å². The maximum Gasteiger partial charge on any atom is 0.137 e. The van der Waals surface area contributed by atoms with E-state index in [1.165, 1.54) is 12.8 Å². The zero-order chi connectivity index (χ0) is 9.52. The normalized spacial score (nSPS) is 13.1. The Balaban J connectivity index is 2.07. The second-order valence-corrected chi connectivity index (χ2v) is 3.33. The number of hydrogen-bond donors (Lipinski definition) is 2. The third-order valence-electron chi connectivity index (χ3n) is 2.04. The van der Waals surface area contributed by atoms with Crippen molar-refractivity contribution < 1.29 is 0 Å². The van der Waals surface area contributed by atoms with Crippen molar-refractivity contribution in [1.29, 1.82) is 0 Å². The molecule has 0 fully saturated rings. The minimum atomic E-state index is 0.605. The zero-order valence-electron chi connectivity index (χ0n) is 8.38. The Morgan fingerprint density at radius 2 is 2.46 bits per heavy atom. The van der Waals surface area contributed by atoms with Gasteiger partial charge in [-0.25, -0.2) is 4.98 Å². The highest BCUT2D eigenvalue weighted by molar-refractivity contribution is 4.80. The highest BCUT2D eigenvalue weighted by atomic mass is 15.2. The number of aromatic nitrogens is 3. The summed E-state index contributed by atoms with van der Waals surface area (Å²) >= 11 is 0. The molecule has 0 aliphatic heterocycles. The van der Waals surface area contributed by atoms with E-state index in [4.69, 9.17) is 0 Å². The van der Waals surface area contributed by atoms with E-state index >= 15 is 0 Å². The zero-order valence-corrected chi connectivity index (χ0v) is 8.38. The predicted molar refractivity (Wildman–Crippen MR) is 52.5 cm³/mol. The van der Waals surface area contributed by atoms with Gasteiger partial charge in [0.25, 0.3) is 0 Å². The van der Waals surface area contributed by atoms with Crippen molar-refractivity contribution in [3.8, 4) is 0 Å². The molecule has 0 saturated carbocycles. The standard InChI is InChI=1S/C9H18N4/c1-3-4-8(2)10-6-5-9-11-7-12-13-9/h7-8,10H,3-6H2,1-2H3,(H,11,12,13). The first-order valence-corrected chi connectivity index (χ1v) is 4.90. The summed E-state index contributed by atoms with van der Waals surface area (Å²) in [5.74, 6) is 0.955. The fourth-order valence-electron chi connectivity index (χ4n) is 1.32. The van der Waals surface area contributed by atoms with Crippen LogP contribution < -0.4 is 5.32 Å². The first-order chi connectivity index (χ1) is 6.33. The van der Waals surface area contributed by atoms with Crippen LogP contribution in [0, 0.1) is 0 Å². The molecule has 0 amide bonds. The van der Waals surface area contributed by atoms with Gasteiger partial charge in [0, 0.05) is 19.0 Å². The Kier molecular flexibility index (Phi) is 4.46. The number of aromatic amines is 1. The minimum Gasteiger partial charge on any atom is -0.314 e. The van der Waals surface area contributed by atoms with Crippen LogP contribution >= 0.6 is 0 Å². The highest BCUT2D eigenvalue weighted by Gasteiger charge is 1.99. The topological polar surface area (TPSA) is 53.6 Å². The molecular weight excluding hydrogens is 164 g/mol. The summed E-state index contributed by atoms with van der Waals surface area (Å²) in [7, 11) is 0. The van der Waals surface area contributed by atoms with Gasteiger partial charge in [0.1, 0.15) is 12.2 Å². The minimum absolute atomic E-state index is 0.605. The molecule has 1 rings (SSSR count). The summed E-state index contributed by atoms with van der Waals surface area (Å²) in [6, 6.07) is 0.605. The molecule has 4 nitrogen and oxygen atoms in total. The van der Waals surface area contributed by atoms with Crippen LogP contribution in [0.1, 0.15) is 32.5 Å². The maximum absolute atomic E-state index is 4.05. The molecule has 2 N–H and O–H groups in total. The molecule has 0 radical (unpaired) electrons. The first kappa shape index (κ1) is 10.2. The van der Waals surface area contributed by atoms with Crippen LogP contribution in [-0.4, -0.2) is 27.8 Å². The van der Waals surface area contributed by atoms with Crippen molar-refractivity contribution >= 4 is 0 Å². The molecule has 0 aliphatic carbocycles. The van der Waals surface area contributed by atoms with Crippen molar-refractivity contribution in [1.82, 2.24) is 20.5 Å². The van der Waals surface area contributed by atoms with Crippen molar-refractivity contribution in [2.45, 2.75) is 39.2 Å². The van der Waals surface area contributed by atoms with Crippen molar-refractivity contribution in [3.63, 3.8) is 0 Å². The summed E-state index contributed by atoms with van der Waals surface area (Å²) in [5, 5.41) is 10.1. The molecule has 0 spiro atoms. The summed E-state index contributed by atoms with van der Waals surface area (Å²) in [6.45, 7) is 5.38. The number of hydrogen-bond acceptors (Lipinski definition) is 3. The van der Waals surface area contributed by atoms with Crippen LogP contribution in [0.3, 0.4) is 0 Å². The molecule has 0 aromatic carbocycles. The molecule has 1 atom stereocenters. The molecule has 74 valence electrons. The first-order valence-electron chi connectivity index (χ1n) is 4.90. The van der Waals surface area contributed by atoms with Gasteiger partial charge in [-0.3, -0.25) is 5.10 Å². The quantitative estimate of drug-likeness (QED) is 0.693. The van der Waals surface area contributed by atoms with E-state index in [1.807, 2.05) is 0 Å². The summed E-state index contributed by atoms with van der Waals surface area (Å²) in [5.41, 5.74) is 0. The van der Waals surface area contributed by atoms with E-state index < -0.39 is 0 Å². The summed E-state index contributed by atoms with van der Waals surface area (Å²) in [6.07, 6.45) is 4.94. The van der Waals surface area contributed by atoms with E-state index in [9.17, 15) is 0 Å². The van der Waals surface area contributed by atoms with Gasteiger partial charge in [0.15, 0.2) is 0 Å². The van der Waals surface area contributed by atoms with E-state index in [2.05, 4.69) is 34.3 Å². The van der Waals surface area contributed by atoms with Crippen molar-refractivity contribution in [2.24, 2.45) is 0 Å². The molecule has 1 aromatic rings. The lowest BCUT2D eigenvalue weighted by Gasteiger charge is -2.11. The van der Waals surface area contributed by atoms with Crippen LogP contribution in [-0.2, 0) is 6.42 Å². The number of H-pyrrole nitrogens is 1. The second kappa shape index (κ2) is 5.70. The number of nitrogens with zero attached hydrogens (tertiary/aromatic N) is 2. The van der Waals surface area contributed by atoms with Gasteiger partial charge in [-0.05, 0) is 13.3 Å². The van der Waals surface area contributed by atoms with Gasteiger partial charge >= 0.3 is 0 Å². The average Bonchev–Trinajstić information content (AvgIpc) is 2.57. The molecule has 1 aromatic heterocycles. The lowest BCUT2D eigenvalue weighted by Crippen LogP contribution is -2.28. The van der Waals surface area contributed by atoms with E-state index in [0.29, 0.717) is 6.04 Å². The molecule has 1 heterocycles. The fraction of sp³-hybridized carbons (Fsp3) is 0.778. The second-order valence-electron chi connectivity index (χ2n) is 3.33. The molecule has 0 bridgehead atoms. The number of rotatable bonds is 6.